The monoisotopic (exact) mass is 183 g/mol. The molecule has 4 nitrogen and oxygen atoms in total. The lowest BCUT2D eigenvalue weighted by molar-refractivity contribution is 0.153. The molecule has 1 saturated carbocycles. The van der Waals surface area contributed by atoms with E-state index in [0.29, 0.717) is 12.8 Å². The molecule has 0 spiro atoms. The Balaban J connectivity index is 2.60. The molecule has 0 bridgehead atoms. The third-order valence-corrected chi connectivity index (χ3v) is 2.33. The molecule has 0 atom stereocenters. The molecule has 1 fully saturated rings. The number of nitrogens with one attached hydrogen (secondary N) is 1. The topological polar surface area (TPSA) is 66.4 Å². The van der Waals surface area contributed by atoms with Gasteiger partial charge >= 0.3 is 10.3 Å². The van der Waals surface area contributed by atoms with Gasteiger partial charge in [-0.1, -0.05) is 0 Å². The van der Waals surface area contributed by atoms with E-state index in [9.17, 15) is 12.8 Å². The van der Waals surface area contributed by atoms with Gasteiger partial charge in [-0.25, -0.2) is 4.39 Å². The quantitative estimate of drug-likeness (QED) is 0.487. The highest BCUT2D eigenvalue weighted by molar-refractivity contribution is 7.83. The molecule has 0 heterocycles. The average molecular weight is 183 g/mol. The molecule has 1 aliphatic rings. The second-order valence-electron chi connectivity index (χ2n) is 2.75. The Kier molecular flexibility index (Phi) is 2.17. The van der Waals surface area contributed by atoms with E-state index >= 15 is 0 Å². The van der Waals surface area contributed by atoms with E-state index in [-0.39, 0.29) is 12.8 Å². The van der Waals surface area contributed by atoms with Crippen molar-refractivity contribution in [3.05, 3.63) is 0 Å². The predicted molar refractivity (Wildman–Crippen MR) is 37.0 cm³/mol. The lowest BCUT2D eigenvalue weighted by Gasteiger charge is -2.17. The van der Waals surface area contributed by atoms with Crippen LogP contribution in [0.1, 0.15) is 25.7 Å². The molecule has 2 N–H and O–H groups in total. The summed E-state index contributed by atoms with van der Waals surface area (Å²) in [5.74, 6) is -1.91. The van der Waals surface area contributed by atoms with Crippen molar-refractivity contribution in [2.24, 2.45) is 0 Å². The van der Waals surface area contributed by atoms with Crippen LogP contribution in [0.25, 0.3) is 0 Å². The maximum atomic E-state index is 13.2. The molecule has 1 rings (SSSR count). The SMILES string of the molecule is O=S(=O)(O)NC1(F)CCCC1. The van der Waals surface area contributed by atoms with Crippen molar-refractivity contribution in [1.29, 1.82) is 0 Å². The van der Waals surface area contributed by atoms with Crippen LogP contribution in [-0.4, -0.2) is 18.8 Å². The van der Waals surface area contributed by atoms with Gasteiger partial charge in [0.2, 0.25) is 0 Å². The maximum Gasteiger partial charge on any atom is 0.335 e. The smallest absolute Gasteiger partial charge is 0.273 e. The lowest BCUT2D eigenvalue weighted by atomic mass is 10.2. The van der Waals surface area contributed by atoms with E-state index in [1.165, 1.54) is 0 Å². The minimum Gasteiger partial charge on any atom is -0.273 e. The average Bonchev–Trinajstić information content (AvgIpc) is 2.09. The number of halogens is 1. The molecule has 0 unspecified atom stereocenters. The predicted octanol–water partition coefficient (Wildman–Crippen LogP) is 0.619. The Bertz CT molecular complexity index is 232. The van der Waals surface area contributed by atoms with Crippen molar-refractivity contribution < 1.29 is 17.4 Å². The minimum absolute atomic E-state index is 0.146. The standard InChI is InChI=1S/C5H10FNO3S/c6-5(3-1-2-4-5)7-11(8,9)10/h7H,1-4H2,(H,8,9,10). The van der Waals surface area contributed by atoms with Crippen LogP contribution in [0.5, 0.6) is 0 Å². The summed E-state index contributed by atoms with van der Waals surface area (Å²) in [5, 5.41) is 0. The highest BCUT2D eigenvalue weighted by atomic mass is 32.2. The van der Waals surface area contributed by atoms with Crippen LogP contribution in [0.15, 0.2) is 0 Å². The summed E-state index contributed by atoms with van der Waals surface area (Å²) in [6.45, 7) is 0. The molecule has 0 radical (unpaired) electrons. The van der Waals surface area contributed by atoms with Gasteiger partial charge in [0.25, 0.3) is 0 Å². The fourth-order valence-corrected chi connectivity index (χ4v) is 1.94. The molecular weight excluding hydrogens is 173 g/mol. The van der Waals surface area contributed by atoms with Gasteiger partial charge in [-0.15, -0.1) is 0 Å². The Morgan fingerprint density at radius 3 is 2.18 bits per heavy atom. The lowest BCUT2D eigenvalue weighted by Crippen LogP contribution is -2.41. The Morgan fingerprint density at radius 1 is 1.36 bits per heavy atom. The molecule has 0 aromatic carbocycles. The number of hydrogen-bond acceptors (Lipinski definition) is 2. The zero-order valence-electron chi connectivity index (χ0n) is 5.88. The van der Waals surface area contributed by atoms with Crippen LogP contribution in [-0.2, 0) is 10.3 Å². The summed E-state index contributed by atoms with van der Waals surface area (Å²) in [6.07, 6.45) is 1.59. The Morgan fingerprint density at radius 2 is 1.82 bits per heavy atom. The zero-order valence-corrected chi connectivity index (χ0v) is 6.69. The molecule has 0 amide bonds. The van der Waals surface area contributed by atoms with Gasteiger partial charge in [0, 0.05) is 0 Å². The van der Waals surface area contributed by atoms with Crippen LogP contribution in [0.2, 0.25) is 0 Å². The third kappa shape index (κ3) is 2.72. The first-order chi connectivity index (χ1) is 4.91. The van der Waals surface area contributed by atoms with Crippen LogP contribution in [0.4, 0.5) is 4.39 Å². The van der Waals surface area contributed by atoms with E-state index in [2.05, 4.69) is 0 Å². The number of alkyl halides is 1. The van der Waals surface area contributed by atoms with Gasteiger partial charge in [0.05, 0.1) is 0 Å². The van der Waals surface area contributed by atoms with Gasteiger partial charge in [-0.2, -0.15) is 13.1 Å². The van der Waals surface area contributed by atoms with Gasteiger partial charge in [-0.05, 0) is 25.7 Å². The summed E-state index contributed by atoms with van der Waals surface area (Å²) < 4.78 is 43.4. The molecule has 6 heteroatoms. The van der Waals surface area contributed by atoms with Crippen molar-refractivity contribution in [2.75, 3.05) is 0 Å². The first-order valence-corrected chi connectivity index (χ1v) is 4.81. The minimum atomic E-state index is -4.39. The van der Waals surface area contributed by atoms with Gasteiger partial charge in [0.1, 0.15) is 0 Å². The molecule has 1 aliphatic carbocycles. The van der Waals surface area contributed by atoms with Crippen molar-refractivity contribution in [3.8, 4) is 0 Å². The normalized spacial score (nSPS) is 23.8. The molecule has 11 heavy (non-hydrogen) atoms. The molecule has 0 aliphatic heterocycles. The van der Waals surface area contributed by atoms with Gasteiger partial charge in [0.15, 0.2) is 5.79 Å². The van der Waals surface area contributed by atoms with E-state index in [1.54, 1.807) is 4.72 Å². The van der Waals surface area contributed by atoms with E-state index in [0.717, 1.165) is 0 Å². The van der Waals surface area contributed by atoms with Gasteiger partial charge < -0.3 is 0 Å². The summed E-state index contributed by atoms with van der Waals surface area (Å²) in [6, 6.07) is 0. The van der Waals surface area contributed by atoms with Crippen LogP contribution in [0, 0.1) is 0 Å². The highest BCUT2D eigenvalue weighted by Gasteiger charge is 2.36. The summed E-state index contributed by atoms with van der Waals surface area (Å²) >= 11 is 0. The molecule has 0 aromatic heterocycles. The molecule has 0 aromatic rings. The van der Waals surface area contributed by atoms with Crippen LogP contribution < -0.4 is 4.72 Å². The maximum absolute atomic E-state index is 13.2. The second kappa shape index (κ2) is 2.69. The van der Waals surface area contributed by atoms with E-state index < -0.39 is 16.1 Å². The van der Waals surface area contributed by atoms with E-state index in [1.807, 2.05) is 0 Å². The molecular formula is C5H10FNO3S. The largest absolute Gasteiger partial charge is 0.335 e. The van der Waals surface area contributed by atoms with Crippen LogP contribution in [0.3, 0.4) is 0 Å². The summed E-state index contributed by atoms with van der Waals surface area (Å²) in [4.78, 5) is 0. The fourth-order valence-electron chi connectivity index (χ4n) is 1.27. The zero-order chi connectivity index (χ0) is 8.54. The Labute approximate surface area is 64.7 Å². The second-order valence-corrected chi connectivity index (χ2v) is 3.90. The van der Waals surface area contributed by atoms with Crippen LogP contribution >= 0.6 is 0 Å². The highest BCUT2D eigenvalue weighted by Crippen LogP contribution is 2.30. The number of rotatable bonds is 2. The summed E-state index contributed by atoms with van der Waals surface area (Å²) in [5.41, 5.74) is 0. The fraction of sp³-hybridized carbons (Fsp3) is 1.00. The van der Waals surface area contributed by atoms with Crippen molar-refractivity contribution in [3.63, 3.8) is 0 Å². The number of hydrogen-bond donors (Lipinski definition) is 2. The van der Waals surface area contributed by atoms with Gasteiger partial charge in [-0.3, -0.25) is 4.55 Å². The first-order valence-electron chi connectivity index (χ1n) is 3.37. The van der Waals surface area contributed by atoms with Crippen molar-refractivity contribution >= 4 is 10.3 Å². The third-order valence-electron chi connectivity index (χ3n) is 1.71. The first kappa shape index (κ1) is 8.89. The van der Waals surface area contributed by atoms with Crippen molar-refractivity contribution in [1.82, 2.24) is 4.72 Å². The molecule has 66 valence electrons. The molecule has 0 saturated heterocycles. The Hall–Kier alpha value is -0.200. The van der Waals surface area contributed by atoms with E-state index in [4.69, 9.17) is 4.55 Å². The van der Waals surface area contributed by atoms with Crippen molar-refractivity contribution in [2.45, 2.75) is 31.5 Å². The summed E-state index contributed by atoms with van der Waals surface area (Å²) in [7, 11) is -4.39.